The van der Waals surface area contributed by atoms with E-state index in [1.165, 1.54) is 10.4 Å². The molecule has 2 heterocycles. The Morgan fingerprint density at radius 1 is 1.12 bits per heavy atom. The summed E-state index contributed by atoms with van der Waals surface area (Å²) in [6.07, 6.45) is 0. The number of piperazine rings is 1. The van der Waals surface area contributed by atoms with Crippen LogP contribution < -0.4 is 4.90 Å². The molecule has 3 rings (SSSR count). The quantitative estimate of drug-likeness (QED) is 0.834. The third-order valence-electron chi connectivity index (χ3n) is 3.95. The van der Waals surface area contributed by atoms with Crippen LogP contribution >= 0.6 is 11.6 Å². The fourth-order valence-corrected chi connectivity index (χ4v) is 4.61. The van der Waals surface area contributed by atoms with E-state index >= 15 is 0 Å². The predicted molar refractivity (Wildman–Crippen MR) is 91.4 cm³/mol. The van der Waals surface area contributed by atoms with Crippen LogP contribution in [0.3, 0.4) is 0 Å². The molecule has 0 spiro atoms. The maximum Gasteiger partial charge on any atom is 0.244 e. The van der Waals surface area contributed by atoms with E-state index in [1.54, 1.807) is 0 Å². The van der Waals surface area contributed by atoms with Crippen molar-refractivity contribution in [3.8, 4) is 0 Å². The zero-order chi connectivity index (χ0) is 17.3. The maximum absolute atomic E-state index is 13.1. The summed E-state index contributed by atoms with van der Waals surface area (Å²) in [5.74, 6) is 0.279. The monoisotopic (exact) mass is 369 g/mol. The summed E-state index contributed by atoms with van der Waals surface area (Å²) < 4.78 is 39.9. The first-order chi connectivity index (χ1) is 11.4. The van der Waals surface area contributed by atoms with Gasteiger partial charge < -0.3 is 4.90 Å². The summed E-state index contributed by atoms with van der Waals surface area (Å²) in [4.78, 5) is 6.45. The molecule has 5 nitrogen and oxygen atoms in total. The number of nitrogens with zero attached hydrogens (tertiary/aromatic N) is 3. The number of benzene rings is 1. The average molecular weight is 370 g/mol. The maximum atomic E-state index is 13.1. The van der Waals surface area contributed by atoms with E-state index in [9.17, 15) is 12.8 Å². The predicted octanol–water partition coefficient (Wildman–Crippen LogP) is 2.69. The molecule has 0 N–H and O–H groups in total. The lowest BCUT2D eigenvalue weighted by atomic mass is 10.3. The van der Waals surface area contributed by atoms with E-state index in [4.69, 9.17) is 11.6 Å². The van der Waals surface area contributed by atoms with Crippen molar-refractivity contribution in [2.45, 2.75) is 11.8 Å². The van der Waals surface area contributed by atoms with Gasteiger partial charge in [-0.3, -0.25) is 0 Å². The summed E-state index contributed by atoms with van der Waals surface area (Å²) in [7, 11) is -3.74. The molecule has 0 amide bonds. The Labute approximate surface area is 145 Å². The molecular formula is C16H17ClFN3O2S. The van der Waals surface area contributed by atoms with Crippen molar-refractivity contribution < 1.29 is 12.8 Å². The van der Waals surface area contributed by atoms with Gasteiger partial charge in [0, 0.05) is 31.9 Å². The third kappa shape index (κ3) is 3.38. The van der Waals surface area contributed by atoms with Crippen molar-refractivity contribution in [1.29, 1.82) is 0 Å². The molecule has 0 unspecified atom stereocenters. The van der Waals surface area contributed by atoms with Crippen molar-refractivity contribution in [1.82, 2.24) is 9.29 Å². The van der Waals surface area contributed by atoms with Crippen LogP contribution in [0, 0.1) is 12.7 Å². The molecule has 1 aliphatic rings. The Morgan fingerprint density at radius 2 is 1.83 bits per heavy atom. The van der Waals surface area contributed by atoms with E-state index in [-0.39, 0.29) is 9.92 Å². The van der Waals surface area contributed by atoms with Gasteiger partial charge in [-0.25, -0.2) is 17.8 Å². The smallest absolute Gasteiger partial charge is 0.244 e. The number of anilines is 1. The lowest BCUT2D eigenvalue weighted by Gasteiger charge is -2.34. The second-order valence-electron chi connectivity index (χ2n) is 5.60. The van der Waals surface area contributed by atoms with Crippen LogP contribution in [-0.2, 0) is 10.0 Å². The van der Waals surface area contributed by atoms with E-state index < -0.39 is 15.8 Å². The highest BCUT2D eigenvalue weighted by molar-refractivity contribution is 7.89. The Morgan fingerprint density at radius 3 is 2.46 bits per heavy atom. The van der Waals surface area contributed by atoms with Gasteiger partial charge in [0.1, 0.15) is 16.5 Å². The summed E-state index contributed by atoms with van der Waals surface area (Å²) in [6, 6.07) is 9.09. The van der Waals surface area contributed by atoms with Gasteiger partial charge in [-0.1, -0.05) is 17.7 Å². The van der Waals surface area contributed by atoms with Gasteiger partial charge in [0.05, 0.1) is 5.02 Å². The first-order valence-corrected chi connectivity index (χ1v) is 9.33. The molecule has 0 radical (unpaired) electrons. The molecule has 1 aromatic heterocycles. The van der Waals surface area contributed by atoms with Gasteiger partial charge in [0.25, 0.3) is 0 Å². The van der Waals surface area contributed by atoms with Crippen molar-refractivity contribution in [3.63, 3.8) is 0 Å². The molecule has 0 saturated carbocycles. The second kappa shape index (κ2) is 6.66. The lowest BCUT2D eigenvalue weighted by Crippen LogP contribution is -2.49. The van der Waals surface area contributed by atoms with Crippen molar-refractivity contribution >= 4 is 27.4 Å². The second-order valence-corrected chi connectivity index (χ2v) is 7.92. The normalized spacial score (nSPS) is 16.4. The number of hydrogen-bond donors (Lipinski definition) is 0. The molecule has 2 aromatic rings. The molecule has 1 aromatic carbocycles. The third-order valence-corrected chi connectivity index (χ3v) is 6.33. The molecule has 1 fully saturated rings. The van der Waals surface area contributed by atoms with E-state index in [0.29, 0.717) is 26.2 Å². The van der Waals surface area contributed by atoms with Crippen molar-refractivity contribution in [3.05, 3.63) is 52.9 Å². The standard InChI is InChI=1S/C16H17ClFN3O2S/c1-12-3-2-4-16(19-12)20-7-9-21(10-8-20)24(22,23)15-6-5-13(18)11-14(15)17/h2-6,11H,7-10H2,1H3. The van der Waals surface area contributed by atoms with Gasteiger partial charge in [-0.2, -0.15) is 4.31 Å². The first-order valence-electron chi connectivity index (χ1n) is 7.52. The van der Waals surface area contributed by atoms with Crippen molar-refractivity contribution in [2.75, 3.05) is 31.1 Å². The highest BCUT2D eigenvalue weighted by Gasteiger charge is 2.30. The Hall–Kier alpha value is -1.70. The fraction of sp³-hybridized carbons (Fsp3) is 0.312. The van der Waals surface area contributed by atoms with Gasteiger partial charge in [0.15, 0.2) is 0 Å². The zero-order valence-corrected chi connectivity index (χ0v) is 14.7. The Kier molecular flexibility index (Phi) is 4.76. The van der Waals surface area contributed by atoms with Crippen LogP contribution in [0.4, 0.5) is 10.2 Å². The topological polar surface area (TPSA) is 53.5 Å². The molecule has 8 heteroatoms. The molecule has 0 atom stereocenters. The average Bonchev–Trinajstić information content (AvgIpc) is 2.54. The number of halogens is 2. The molecule has 0 bridgehead atoms. The first kappa shape index (κ1) is 17.1. The van der Waals surface area contributed by atoms with Crippen molar-refractivity contribution in [2.24, 2.45) is 0 Å². The zero-order valence-electron chi connectivity index (χ0n) is 13.1. The molecular weight excluding hydrogens is 353 g/mol. The van der Waals surface area contributed by atoms with Gasteiger partial charge >= 0.3 is 0 Å². The minimum atomic E-state index is -3.74. The summed E-state index contributed by atoms with van der Waals surface area (Å²) in [5.41, 5.74) is 0.917. The minimum Gasteiger partial charge on any atom is -0.354 e. The highest BCUT2D eigenvalue weighted by atomic mass is 35.5. The number of aromatic nitrogens is 1. The molecule has 128 valence electrons. The van der Waals surface area contributed by atoms with Gasteiger partial charge in [-0.05, 0) is 37.3 Å². The van der Waals surface area contributed by atoms with Crippen LogP contribution in [0.5, 0.6) is 0 Å². The summed E-state index contributed by atoms with van der Waals surface area (Å²) in [6.45, 7) is 3.64. The van der Waals surface area contributed by atoms with E-state index in [0.717, 1.165) is 23.6 Å². The molecule has 1 saturated heterocycles. The van der Waals surface area contributed by atoms with Crippen LogP contribution in [0.1, 0.15) is 5.69 Å². The Bertz CT molecular complexity index is 852. The number of sulfonamides is 1. The fourth-order valence-electron chi connectivity index (χ4n) is 2.69. The van der Waals surface area contributed by atoms with Crippen LogP contribution in [0.15, 0.2) is 41.3 Å². The lowest BCUT2D eigenvalue weighted by molar-refractivity contribution is 0.383. The van der Waals surface area contributed by atoms with E-state index in [1.807, 2.05) is 30.0 Å². The van der Waals surface area contributed by atoms with Crippen LogP contribution in [0.25, 0.3) is 0 Å². The number of aryl methyl sites for hydroxylation is 1. The molecule has 0 aliphatic carbocycles. The largest absolute Gasteiger partial charge is 0.354 e. The van der Waals surface area contributed by atoms with Crippen LogP contribution in [0.2, 0.25) is 5.02 Å². The number of pyridine rings is 1. The Balaban J connectivity index is 1.76. The minimum absolute atomic E-state index is 0.0623. The van der Waals surface area contributed by atoms with Gasteiger partial charge in [-0.15, -0.1) is 0 Å². The van der Waals surface area contributed by atoms with Gasteiger partial charge in [0.2, 0.25) is 10.0 Å². The van der Waals surface area contributed by atoms with E-state index in [2.05, 4.69) is 4.98 Å². The summed E-state index contributed by atoms with van der Waals surface area (Å²) in [5, 5.41) is -0.0993. The number of hydrogen-bond acceptors (Lipinski definition) is 4. The van der Waals surface area contributed by atoms with Crippen LogP contribution in [-0.4, -0.2) is 43.9 Å². The molecule has 24 heavy (non-hydrogen) atoms. The SMILES string of the molecule is Cc1cccc(N2CCN(S(=O)(=O)c3ccc(F)cc3Cl)CC2)n1. The molecule has 1 aliphatic heterocycles. The summed E-state index contributed by atoms with van der Waals surface area (Å²) >= 11 is 5.91. The highest BCUT2D eigenvalue weighted by Crippen LogP contribution is 2.26. The number of rotatable bonds is 3.